The first-order valence-electron chi connectivity index (χ1n) is 7.67. The van der Waals surface area contributed by atoms with Crippen LogP contribution in [0.5, 0.6) is 5.75 Å². The quantitative estimate of drug-likeness (QED) is 0.596. The summed E-state index contributed by atoms with van der Waals surface area (Å²) < 4.78 is 32.0. The Morgan fingerprint density at radius 3 is 2.20 bits per heavy atom. The zero-order valence-electron chi connectivity index (χ0n) is 14.1. The first-order valence-corrected chi connectivity index (χ1v) is 9.48. The summed E-state index contributed by atoms with van der Waals surface area (Å²) in [5.74, 6) is -0.941. The third-order valence-electron chi connectivity index (χ3n) is 3.68. The molecule has 0 aliphatic carbocycles. The maximum Gasteiger partial charge on any atom is 0.314 e. The summed E-state index contributed by atoms with van der Waals surface area (Å²) >= 11 is 0. The molecule has 2 aromatic rings. The van der Waals surface area contributed by atoms with Crippen molar-refractivity contribution in [1.29, 1.82) is 0 Å². The molecule has 0 aromatic heterocycles. The van der Waals surface area contributed by atoms with E-state index in [1.807, 2.05) is 30.3 Å². The molecule has 25 heavy (non-hydrogen) atoms. The molecule has 134 valence electrons. The van der Waals surface area contributed by atoms with E-state index in [4.69, 9.17) is 14.7 Å². The molecule has 0 aliphatic heterocycles. The van der Waals surface area contributed by atoms with Crippen molar-refractivity contribution in [1.82, 2.24) is 0 Å². The van der Waals surface area contributed by atoms with Crippen molar-refractivity contribution >= 4 is 16.1 Å². The molecule has 0 heterocycles. The van der Waals surface area contributed by atoms with Gasteiger partial charge in [-0.1, -0.05) is 42.5 Å². The smallest absolute Gasteiger partial charge is 0.314 e. The van der Waals surface area contributed by atoms with Gasteiger partial charge in [0.1, 0.15) is 5.75 Å². The van der Waals surface area contributed by atoms with Crippen LogP contribution in [-0.2, 0) is 26.1 Å². The molecule has 0 bridgehead atoms. The molecule has 2 rings (SSSR count). The van der Waals surface area contributed by atoms with Crippen molar-refractivity contribution in [3.63, 3.8) is 0 Å². The molecule has 0 aliphatic rings. The van der Waals surface area contributed by atoms with Crippen molar-refractivity contribution in [2.24, 2.45) is 5.73 Å². The van der Waals surface area contributed by atoms with E-state index in [2.05, 4.69) is 0 Å². The van der Waals surface area contributed by atoms with Gasteiger partial charge in [-0.3, -0.25) is 4.79 Å². The molecule has 2 aromatic carbocycles. The Kier molecular flexibility index (Phi) is 6.17. The molecule has 0 saturated carbocycles. The summed E-state index contributed by atoms with van der Waals surface area (Å²) in [6.45, 7) is 0. The summed E-state index contributed by atoms with van der Waals surface area (Å²) in [7, 11) is -2.29. The van der Waals surface area contributed by atoms with E-state index in [9.17, 15) is 13.2 Å². The van der Waals surface area contributed by atoms with E-state index in [0.29, 0.717) is 12.0 Å². The van der Waals surface area contributed by atoms with Gasteiger partial charge < -0.3 is 14.7 Å². The lowest BCUT2D eigenvalue weighted by Crippen LogP contribution is -2.36. The maximum absolute atomic E-state index is 12.2. The number of benzene rings is 2. The van der Waals surface area contributed by atoms with Gasteiger partial charge in [0.15, 0.2) is 0 Å². The van der Waals surface area contributed by atoms with Gasteiger partial charge in [-0.2, -0.15) is 8.42 Å². The largest absolute Gasteiger partial charge is 0.469 e. The van der Waals surface area contributed by atoms with Gasteiger partial charge in [-0.15, -0.1) is 0 Å². The summed E-state index contributed by atoms with van der Waals surface area (Å²) in [6.07, 6.45) is 1.47. The fourth-order valence-electron chi connectivity index (χ4n) is 2.59. The average molecular weight is 363 g/mol. The lowest BCUT2D eigenvalue weighted by molar-refractivity contribution is -0.143. The molecule has 2 unspecified atom stereocenters. The Hall–Kier alpha value is -2.38. The maximum atomic E-state index is 12.2. The van der Waals surface area contributed by atoms with Crippen molar-refractivity contribution in [3.8, 4) is 5.75 Å². The van der Waals surface area contributed by atoms with Gasteiger partial charge in [0.05, 0.1) is 19.3 Å². The molecule has 0 saturated heterocycles. The Morgan fingerprint density at radius 1 is 1.08 bits per heavy atom. The van der Waals surface area contributed by atoms with Crippen molar-refractivity contribution in [2.75, 3.05) is 13.4 Å². The minimum Gasteiger partial charge on any atom is -0.469 e. The van der Waals surface area contributed by atoms with Gasteiger partial charge in [0.2, 0.25) is 0 Å². The molecule has 0 fully saturated rings. The number of hydrogen-bond donors (Lipinski definition) is 1. The van der Waals surface area contributed by atoms with E-state index in [1.165, 1.54) is 19.2 Å². The fraction of sp³-hybridized carbons (Fsp3) is 0.278. The van der Waals surface area contributed by atoms with E-state index >= 15 is 0 Å². The second kappa shape index (κ2) is 8.13. The fourth-order valence-corrected chi connectivity index (χ4v) is 3.06. The standard InChI is InChI=1S/C18H21NO5S/c1-23-18(20)17(16(19)12-13-6-4-3-5-7-13)14-8-10-15(11-9-14)24-25(2,21)22/h3-11,16-17H,12,19H2,1-2H3. The normalized spacial score (nSPS) is 13.7. The van der Waals surface area contributed by atoms with Gasteiger partial charge in [-0.05, 0) is 29.7 Å². The number of esters is 1. The highest BCUT2D eigenvalue weighted by Gasteiger charge is 2.28. The summed E-state index contributed by atoms with van der Waals surface area (Å²) in [5.41, 5.74) is 7.92. The summed E-state index contributed by atoms with van der Waals surface area (Å²) in [4.78, 5) is 12.2. The molecule has 0 radical (unpaired) electrons. The Balaban J connectivity index is 2.23. The van der Waals surface area contributed by atoms with Crippen LogP contribution in [0.1, 0.15) is 17.0 Å². The molecular weight excluding hydrogens is 342 g/mol. The third-order valence-corrected chi connectivity index (χ3v) is 4.18. The molecule has 2 atom stereocenters. The predicted molar refractivity (Wildman–Crippen MR) is 94.8 cm³/mol. The molecule has 2 N–H and O–H groups in total. The molecule has 6 nitrogen and oxygen atoms in total. The van der Waals surface area contributed by atoms with E-state index in [0.717, 1.165) is 11.8 Å². The highest BCUT2D eigenvalue weighted by Crippen LogP contribution is 2.25. The SMILES string of the molecule is COC(=O)C(c1ccc(OS(C)(=O)=O)cc1)C(N)Cc1ccccc1. The van der Waals surface area contributed by atoms with Crippen molar-refractivity contribution < 1.29 is 22.1 Å². The second-order valence-electron chi connectivity index (χ2n) is 5.71. The third kappa shape index (κ3) is 5.58. The van der Waals surface area contributed by atoms with Crippen LogP contribution in [0.4, 0.5) is 0 Å². The van der Waals surface area contributed by atoms with Crippen LogP contribution in [0, 0.1) is 0 Å². The highest BCUT2D eigenvalue weighted by molar-refractivity contribution is 7.86. The Labute approximate surface area is 147 Å². The monoisotopic (exact) mass is 363 g/mol. The van der Waals surface area contributed by atoms with Crippen LogP contribution in [-0.4, -0.2) is 33.8 Å². The van der Waals surface area contributed by atoms with E-state index in [-0.39, 0.29) is 5.75 Å². The average Bonchev–Trinajstić information content (AvgIpc) is 2.56. The van der Waals surface area contributed by atoms with Crippen LogP contribution in [0.15, 0.2) is 54.6 Å². The minimum absolute atomic E-state index is 0.173. The van der Waals surface area contributed by atoms with Gasteiger partial charge in [0.25, 0.3) is 0 Å². The van der Waals surface area contributed by atoms with Gasteiger partial charge in [0, 0.05) is 6.04 Å². The number of nitrogens with two attached hydrogens (primary N) is 1. The second-order valence-corrected chi connectivity index (χ2v) is 7.29. The highest BCUT2D eigenvalue weighted by atomic mass is 32.2. The van der Waals surface area contributed by atoms with Crippen LogP contribution >= 0.6 is 0 Å². The topological polar surface area (TPSA) is 95.7 Å². The summed E-state index contributed by atoms with van der Waals surface area (Å²) in [6, 6.07) is 15.3. The Morgan fingerprint density at radius 2 is 1.68 bits per heavy atom. The van der Waals surface area contributed by atoms with Crippen LogP contribution in [0.3, 0.4) is 0 Å². The first kappa shape index (κ1) is 19.0. The van der Waals surface area contributed by atoms with Gasteiger partial charge >= 0.3 is 16.1 Å². The molecular formula is C18H21NO5S. The van der Waals surface area contributed by atoms with Crippen LogP contribution < -0.4 is 9.92 Å². The predicted octanol–water partition coefficient (Wildman–Crippen LogP) is 1.85. The van der Waals surface area contributed by atoms with Crippen molar-refractivity contribution in [3.05, 3.63) is 65.7 Å². The minimum atomic E-state index is -3.60. The lowest BCUT2D eigenvalue weighted by atomic mass is 9.88. The number of ether oxygens (including phenoxy) is 1. The van der Waals surface area contributed by atoms with Gasteiger partial charge in [-0.25, -0.2) is 0 Å². The Bertz CT molecular complexity index is 803. The molecule has 0 amide bonds. The zero-order valence-corrected chi connectivity index (χ0v) is 14.9. The lowest BCUT2D eigenvalue weighted by Gasteiger charge is -2.22. The van der Waals surface area contributed by atoms with E-state index < -0.39 is 28.0 Å². The number of methoxy groups -OCH3 is 1. The number of rotatable bonds is 7. The molecule has 7 heteroatoms. The molecule has 0 spiro atoms. The van der Waals surface area contributed by atoms with E-state index in [1.54, 1.807) is 12.1 Å². The van der Waals surface area contributed by atoms with Crippen LogP contribution in [0.2, 0.25) is 0 Å². The van der Waals surface area contributed by atoms with Crippen molar-refractivity contribution in [2.45, 2.75) is 18.4 Å². The number of carbonyl (C=O) groups is 1. The first-order chi connectivity index (χ1) is 11.8. The summed E-state index contributed by atoms with van der Waals surface area (Å²) in [5, 5.41) is 0. The number of hydrogen-bond acceptors (Lipinski definition) is 6. The van der Waals surface area contributed by atoms with Crippen LogP contribution in [0.25, 0.3) is 0 Å². The number of carbonyl (C=O) groups excluding carboxylic acids is 1. The zero-order chi connectivity index (χ0) is 18.4.